The number of hydrogen-bond donors (Lipinski definition) is 0. The fraction of sp³-hybridized carbons (Fsp3) is 0.0149. The van der Waals surface area contributed by atoms with Crippen LogP contribution in [0, 0.1) is 0 Å². The molecule has 0 saturated heterocycles. The van der Waals surface area contributed by atoms with Gasteiger partial charge in [0.15, 0.2) is 0 Å². The van der Waals surface area contributed by atoms with E-state index in [2.05, 4.69) is 278 Å². The van der Waals surface area contributed by atoms with Crippen LogP contribution in [0.5, 0.6) is 0 Å². The molecule has 0 saturated carbocycles. The minimum Gasteiger partial charge on any atom is -0.310 e. The predicted octanol–water partition coefficient (Wildman–Crippen LogP) is 18.0. The number of benzene rings is 12. The molecule has 1 aliphatic carbocycles. The molecule has 0 amide bonds. The van der Waals surface area contributed by atoms with E-state index in [0.29, 0.717) is 0 Å². The molecule has 0 unspecified atom stereocenters. The maximum absolute atomic E-state index is 2.48. The molecule has 0 radical (unpaired) electrons. The Hall–Kier alpha value is -8.78. The van der Waals surface area contributed by atoms with Crippen molar-refractivity contribution < 1.29 is 0 Å². The number of nitrogens with zero attached hydrogens (tertiary/aromatic N) is 1. The Morgan fingerprint density at radius 1 is 0.265 bits per heavy atom. The van der Waals surface area contributed by atoms with Gasteiger partial charge in [-0.05, 0) is 130 Å². The maximum atomic E-state index is 2.48. The van der Waals surface area contributed by atoms with E-state index in [0.717, 1.165) is 28.2 Å². The Kier molecular flexibility index (Phi) is 9.47. The summed E-state index contributed by atoms with van der Waals surface area (Å²) in [5, 5.41) is 7.38. The second kappa shape index (κ2) is 16.3. The van der Waals surface area contributed by atoms with Gasteiger partial charge in [-0.3, -0.25) is 0 Å². The van der Waals surface area contributed by atoms with Gasteiger partial charge in [-0.2, -0.15) is 0 Å². The number of para-hydroxylation sites is 1. The summed E-state index contributed by atoms with van der Waals surface area (Å²) in [6.07, 6.45) is 0. The van der Waals surface area contributed by atoms with Gasteiger partial charge in [-0.1, -0.05) is 237 Å². The monoisotopic (exact) mass is 863 g/mol. The molecule has 0 heterocycles. The topological polar surface area (TPSA) is 3.24 Å². The molecule has 0 aromatic heterocycles. The first-order chi connectivity index (χ1) is 33.8. The Morgan fingerprint density at radius 3 is 1.47 bits per heavy atom. The standard InChI is InChI=1S/C67H45N/c1-5-22-47(23-6-1)65-59-34-16-15-32-56(59)57-41-38-50(44-61(57)66(65)48-24-7-2-8-25-48)55-31-18-20-36-64(55)68(53-39-37-46-21-13-14-26-49(46)43-53)54-40-42-63-60(45-54)58-33-17-19-35-62(58)67(63,51-27-9-3-10-28-51)52-29-11-4-12-30-52/h1-45H. The zero-order valence-corrected chi connectivity index (χ0v) is 37.4. The van der Waals surface area contributed by atoms with E-state index in [9.17, 15) is 0 Å². The molecule has 12 aromatic carbocycles. The highest BCUT2D eigenvalue weighted by molar-refractivity contribution is 6.22. The lowest BCUT2D eigenvalue weighted by atomic mass is 9.68. The lowest BCUT2D eigenvalue weighted by Gasteiger charge is -2.34. The first-order valence-electron chi connectivity index (χ1n) is 23.6. The van der Waals surface area contributed by atoms with Crippen molar-refractivity contribution in [3.05, 3.63) is 295 Å². The van der Waals surface area contributed by atoms with Gasteiger partial charge in [0.2, 0.25) is 0 Å². The maximum Gasteiger partial charge on any atom is 0.0713 e. The van der Waals surface area contributed by atoms with Crippen LogP contribution in [0.3, 0.4) is 0 Å². The molecule has 0 fully saturated rings. The van der Waals surface area contributed by atoms with Gasteiger partial charge >= 0.3 is 0 Å². The number of anilines is 3. The van der Waals surface area contributed by atoms with Gasteiger partial charge in [0.25, 0.3) is 0 Å². The zero-order valence-electron chi connectivity index (χ0n) is 37.4. The lowest BCUT2D eigenvalue weighted by molar-refractivity contribution is 0.768. The van der Waals surface area contributed by atoms with Crippen LogP contribution in [0.1, 0.15) is 22.3 Å². The van der Waals surface area contributed by atoms with E-state index < -0.39 is 5.41 Å². The van der Waals surface area contributed by atoms with Gasteiger partial charge in [0, 0.05) is 16.9 Å². The second-order valence-corrected chi connectivity index (χ2v) is 17.9. The first-order valence-corrected chi connectivity index (χ1v) is 23.6. The molecule has 0 bridgehead atoms. The highest BCUT2D eigenvalue weighted by atomic mass is 15.1. The molecule has 0 spiro atoms. The molecule has 1 aliphatic rings. The second-order valence-electron chi connectivity index (χ2n) is 17.9. The Labute approximate surface area is 397 Å². The summed E-state index contributed by atoms with van der Waals surface area (Å²) in [6, 6.07) is 101. The number of fused-ring (bicyclic) bond motifs is 7. The summed E-state index contributed by atoms with van der Waals surface area (Å²) in [4.78, 5) is 2.48. The third-order valence-corrected chi connectivity index (χ3v) is 14.3. The SMILES string of the molecule is c1ccc(-c2c(-c3ccccc3)c3cc(-c4ccccc4N(c4ccc5c(c4)-c4ccccc4C5(c4ccccc4)c4ccccc4)c4ccc5ccccc5c4)ccc3c3ccccc23)cc1. The van der Waals surface area contributed by atoms with Crippen molar-refractivity contribution in [2.45, 2.75) is 5.41 Å². The fourth-order valence-corrected chi connectivity index (χ4v) is 11.4. The predicted molar refractivity (Wildman–Crippen MR) is 287 cm³/mol. The summed E-state index contributed by atoms with van der Waals surface area (Å²) in [7, 11) is 0. The van der Waals surface area contributed by atoms with Crippen LogP contribution < -0.4 is 4.90 Å². The average molecular weight is 864 g/mol. The molecule has 1 nitrogen and oxygen atoms in total. The smallest absolute Gasteiger partial charge is 0.0713 e. The van der Waals surface area contributed by atoms with Crippen molar-refractivity contribution in [2.24, 2.45) is 0 Å². The molecule has 0 aliphatic heterocycles. The fourth-order valence-electron chi connectivity index (χ4n) is 11.4. The molecule has 13 rings (SSSR count). The zero-order chi connectivity index (χ0) is 45.0. The first kappa shape index (κ1) is 39.6. The van der Waals surface area contributed by atoms with Crippen LogP contribution in [0.15, 0.2) is 273 Å². The Balaban J connectivity index is 1.07. The van der Waals surface area contributed by atoms with Crippen LogP contribution in [0.25, 0.3) is 76.8 Å². The summed E-state index contributed by atoms with van der Waals surface area (Å²) in [6.45, 7) is 0. The minimum absolute atomic E-state index is 0.483. The minimum atomic E-state index is -0.483. The van der Waals surface area contributed by atoms with E-state index in [4.69, 9.17) is 0 Å². The van der Waals surface area contributed by atoms with E-state index in [1.165, 1.54) is 88.0 Å². The molecule has 12 aromatic rings. The van der Waals surface area contributed by atoms with Crippen LogP contribution in [-0.2, 0) is 5.41 Å². The van der Waals surface area contributed by atoms with Gasteiger partial charge in [-0.15, -0.1) is 0 Å². The molecule has 318 valence electrons. The third kappa shape index (κ3) is 6.24. The van der Waals surface area contributed by atoms with Crippen LogP contribution in [0.2, 0.25) is 0 Å². The van der Waals surface area contributed by atoms with E-state index in [1.54, 1.807) is 0 Å². The van der Waals surface area contributed by atoms with Crippen molar-refractivity contribution in [1.82, 2.24) is 0 Å². The Bertz CT molecular complexity index is 3800. The van der Waals surface area contributed by atoms with Gasteiger partial charge in [-0.25, -0.2) is 0 Å². The van der Waals surface area contributed by atoms with Crippen LogP contribution >= 0.6 is 0 Å². The normalized spacial score (nSPS) is 12.5. The van der Waals surface area contributed by atoms with E-state index >= 15 is 0 Å². The van der Waals surface area contributed by atoms with Crippen molar-refractivity contribution in [3.63, 3.8) is 0 Å². The van der Waals surface area contributed by atoms with Crippen LogP contribution in [-0.4, -0.2) is 0 Å². The van der Waals surface area contributed by atoms with Crippen molar-refractivity contribution >= 4 is 49.4 Å². The van der Waals surface area contributed by atoms with Crippen molar-refractivity contribution in [2.75, 3.05) is 4.90 Å². The molecule has 1 heteroatoms. The average Bonchev–Trinajstić information content (AvgIpc) is 3.72. The van der Waals surface area contributed by atoms with Crippen molar-refractivity contribution in [1.29, 1.82) is 0 Å². The summed E-state index contributed by atoms with van der Waals surface area (Å²) >= 11 is 0. The number of hydrogen-bond acceptors (Lipinski definition) is 1. The summed E-state index contributed by atoms with van der Waals surface area (Å²) < 4.78 is 0. The molecule has 0 N–H and O–H groups in total. The highest BCUT2D eigenvalue weighted by Crippen LogP contribution is 2.57. The van der Waals surface area contributed by atoms with Gasteiger partial charge in [0.05, 0.1) is 11.1 Å². The van der Waals surface area contributed by atoms with E-state index in [-0.39, 0.29) is 0 Å². The van der Waals surface area contributed by atoms with Crippen molar-refractivity contribution in [3.8, 4) is 44.5 Å². The highest BCUT2D eigenvalue weighted by Gasteiger charge is 2.46. The quantitative estimate of drug-likeness (QED) is 0.138. The molecular weight excluding hydrogens is 819 g/mol. The Morgan fingerprint density at radius 2 is 0.765 bits per heavy atom. The van der Waals surface area contributed by atoms with Crippen LogP contribution in [0.4, 0.5) is 17.1 Å². The largest absolute Gasteiger partial charge is 0.310 e. The van der Waals surface area contributed by atoms with Gasteiger partial charge < -0.3 is 4.90 Å². The number of rotatable bonds is 8. The molecule has 0 atom stereocenters. The lowest BCUT2D eigenvalue weighted by Crippen LogP contribution is -2.28. The van der Waals surface area contributed by atoms with Gasteiger partial charge in [0.1, 0.15) is 0 Å². The van der Waals surface area contributed by atoms with E-state index in [1.807, 2.05) is 0 Å². The molecule has 68 heavy (non-hydrogen) atoms. The summed E-state index contributed by atoms with van der Waals surface area (Å²) in [5.74, 6) is 0. The third-order valence-electron chi connectivity index (χ3n) is 14.3. The summed E-state index contributed by atoms with van der Waals surface area (Å²) in [5.41, 5.74) is 17.6. The molecular formula is C67H45N.